The highest BCUT2D eigenvalue weighted by atomic mass is 35.5. The molecule has 1 atom stereocenters. The number of aliphatic imine (C=N–C) groups is 1. The second kappa shape index (κ2) is 4.45. The maximum absolute atomic E-state index is 5.94. The summed E-state index contributed by atoms with van der Waals surface area (Å²) in [4.78, 5) is 4.48. The Hall–Kier alpha value is -0.670. The van der Waals surface area contributed by atoms with Gasteiger partial charge in [0.25, 0.3) is 0 Å². The van der Waals surface area contributed by atoms with Crippen molar-refractivity contribution in [3.05, 3.63) is 28.8 Å². The predicted octanol–water partition coefficient (Wildman–Crippen LogP) is 3.55. The van der Waals surface area contributed by atoms with Gasteiger partial charge in [-0.05, 0) is 31.5 Å². The fourth-order valence-electron chi connectivity index (χ4n) is 1.39. The van der Waals surface area contributed by atoms with E-state index in [-0.39, 0.29) is 0 Å². The van der Waals surface area contributed by atoms with Crippen LogP contribution in [0, 0.1) is 6.92 Å². The first kappa shape index (κ1) is 10.8. The highest BCUT2D eigenvalue weighted by Gasteiger charge is 2.14. The molecule has 0 bridgehead atoms. The van der Waals surface area contributed by atoms with Crippen molar-refractivity contribution in [1.82, 2.24) is 0 Å². The number of anilines is 1. The van der Waals surface area contributed by atoms with Gasteiger partial charge in [-0.1, -0.05) is 29.4 Å². The molecule has 1 aliphatic rings. The summed E-state index contributed by atoms with van der Waals surface area (Å²) in [5.41, 5.74) is 2.23. The highest BCUT2D eigenvalue weighted by Crippen LogP contribution is 2.24. The largest absolute Gasteiger partial charge is 0.335 e. The van der Waals surface area contributed by atoms with Crippen LogP contribution in [0.5, 0.6) is 0 Å². The summed E-state index contributed by atoms with van der Waals surface area (Å²) in [5, 5.41) is 5.05. The molecule has 0 amide bonds. The molecular formula is C11H13ClN2S. The van der Waals surface area contributed by atoms with Crippen molar-refractivity contribution < 1.29 is 0 Å². The molecular weight excluding hydrogens is 228 g/mol. The van der Waals surface area contributed by atoms with Gasteiger partial charge in [0.05, 0.1) is 6.04 Å². The van der Waals surface area contributed by atoms with E-state index < -0.39 is 0 Å². The third-order valence-electron chi connectivity index (χ3n) is 2.24. The van der Waals surface area contributed by atoms with Gasteiger partial charge in [0.1, 0.15) is 0 Å². The Kier molecular flexibility index (Phi) is 3.22. The molecule has 1 unspecified atom stereocenters. The quantitative estimate of drug-likeness (QED) is 0.812. The summed E-state index contributed by atoms with van der Waals surface area (Å²) in [6.07, 6.45) is 0. The van der Waals surface area contributed by atoms with Crippen LogP contribution in [0.15, 0.2) is 23.2 Å². The number of hydrogen-bond donors (Lipinski definition) is 1. The highest BCUT2D eigenvalue weighted by molar-refractivity contribution is 8.14. The van der Waals surface area contributed by atoms with Crippen molar-refractivity contribution in [3.8, 4) is 0 Å². The lowest BCUT2D eigenvalue weighted by Gasteiger charge is -2.08. The van der Waals surface area contributed by atoms with E-state index in [0.29, 0.717) is 6.04 Å². The van der Waals surface area contributed by atoms with Crippen molar-refractivity contribution in [2.45, 2.75) is 19.9 Å². The number of halogens is 1. The average Bonchev–Trinajstić information content (AvgIpc) is 2.58. The zero-order chi connectivity index (χ0) is 10.8. The fraction of sp³-hybridized carbons (Fsp3) is 0.364. The molecule has 1 aromatic rings. The summed E-state index contributed by atoms with van der Waals surface area (Å²) in [7, 11) is 0. The molecule has 0 fully saturated rings. The Morgan fingerprint density at radius 1 is 1.53 bits per heavy atom. The van der Waals surface area contributed by atoms with Gasteiger partial charge in [-0.15, -0.1) is 0 Å². The molecule has 4 heteroatoms. The SMILES string of the molecule is Cc1ccc(Cl)cc1NC1=NC(C)CS1. The summed E-state index contributed by atoms with van der Waals surface area (Å²) in [6, 6.07) is 6.25. The normalized spacial score (nSPS) is 20.2. The molecule has 2 nitrogen and oxygen atoms in total. The number of thioether (sulfide) groups is 1. The molecule has 80 valence electrons. The molecule has 0 aromatic heterocycles. The average molecular weight is 241 g/mol. The van der Waals surface area contributed by atoms with E-state index >= 15 is 0 Å². The molecule has 0 saturated heterocycles. The van der Waals surface area contributed by atoms with Gasteiger partial charge >= 0.3 is 0 Å². The number of nitrogens with one attached hydrogen (secondary N) is 1. The Bertz CT molecular complexity index is 404. The third-order valence-corrected chi connectivity index (χ3v) is 3.61. The topological polar surface area (TPSA) is 24.4 Å². The number of hydrogen-bond acceptors (Lipinski definition) is 3. The molecule has 0 saturated carbocycles. The van der Waals surface area contributed by atoms with Gasteiger partial charge in [-0.2, -0.15) is 0 Å². The van der Waals surface area contributed by atoms with E-state index in [4.69, 9.17) is 11.6 Å². The van der Waals surface area contributed by atoms with Crippen LogP contribution < -0.4 is 5.32 Å². The second-order valence-corrected chi connectivity index (χ2v) is 5.12. The monoisotopic (exact) mass is 240 g/mol. The van der Waals surface area contributed by atoms with E-state index in [1.165, 1.54) is 5.56 Å². The number of aryl methyl sites for hydroxylation is 1. The molecule has 1 aliphatic heterocycles. The lowest BCUT2D eigenvalue weighted by Crippen LogP contribution is -2.06. The minimum Gasteiger partial charge on any atom is -0.335 e. The molecule has 0 radical (unpaired) electrons. The first-order chi connectivity index (χ1) is 7.15. The van der Waals surface area contributed by atoms with E-state index in [9.17, 15) is 0 Å². The molecule has 1 N–H and O–H groups in total. The Morgan fingerprint density at radius 3 is 3.00 bits per heavy atom. The Labute approximate surface area is 99.1 Å². The maximum Gasteiger partial charge on any atom is 0.161 e. The van der Waals surface area contributed by atoms with E-state index in [0.717, 1.165) is 21.6 Å². The Morgan fingerprint density at radius 2 is 2.33 bits per heavy atom. The summed E-state index contributed by atoms with van der Waals surface area (Å²) < 4.78 is 0. The number of amidine groups is 1. The van der Waals surface area contributed by atoms with Gasteiger partial charge in [0.15, 0.2) is 5.17 Å². The van der Waals surface area contributed by atoms with Crippen molar-refractivity contribution >= 4 is 34.2 Å². The fourth-order valence-corrected chi connectivity index (χ4v) is 2.47. The first-order valence-electron chi connectivity index (χ1n) is 4.89. The molecule has 1 heterocycles. The molecule has 0 aliphatic carbocycles. The van der Waals surface area contributed by atoms with Crippen molar-refractivity contribution in [1.29, 1.82) is 0 Å². The van der Waals surface area contributed by atoms with Crippen LogP contribution >= 0.6 is 23.4 Å². The van der Waals surface area contributed by atoms with Gasteiger partial charge in [-0.3, -0.25) is 4.99 Å². The van der Waals surface area contributed by atoms with Crippen molar-refractivity contribution in [2.24, 2.45) is 4.99 Å². The standard InChI is InChI=1S/C11H13ClN2S/c1-7-3-4-9(12)5-10(7)14-11-13-8(2)6-15-11/h3-5,8H,6H2,1-2H3,(H,13,14). The van der Waals surface area contributed by atoms with Gasteiger partial charge in [0.2, 0.25) is 0 Å². The van der Waals surface area contributed by atoms with Crippen molar-refractivity contribution in [3.63, 3.8) is 0 Å². The maximum atomic E-state index is 5.94. The second-order valence-electron chi connectivity index (χ2n) is 3.68. The van der Waals surface area contributed by atoms with Crippen LogP contribution in [0.2, 0.25) is 5.02 Å². The Balaban J connectivity index is 2.17. The minimum absolute atomic E-state index is 0.414. The zero-order valence-corrected chi connectivity index (χ0v) is 10.3. The van der Waals surface area contributed by atoms with Gasteiger partial charge in [-0.25, -0.2) is 0 Å². The van der Waals surface area contributed by atoms with E-state index in [1.807, 2.05) is 18.2 Å². The summed E-state index contributed by atoms with van der Waals surface area (Å²) in [6.45, 7) is 4.18. The lowest BCUT2D eigenvalue weighted by molar-refractivity contribution is 0.865. The van der Waals surface area contributed by atoms with Crippen LogP contribution in [0.4, 0.5) is 5.69 Å². The van der Waals surface area contributed by atoms with Crippen LogP contribution in [0.1, 0.15) is 12.5 Å². The molecule has 1 aromatic carbocycles. The van der Waals surface area contributed by atoms with E-state index in [1.54, 1.807) is 11.8 Å². The smallest absolute Gasteiger partial charge is 0.161 e. The van der Waals surface area contributed by atoms with Crippen LogP contribution in [-0.2, 0) is 0 Å². The van der Waals surface area contributed by atoms with Crippen molar-refractivity contribution in [2.75, 3.05) is 11.1 Å². The lowest BCUT2D eigenvalue weighted by atomic mass is 10.2. The third kappa shape index (κ3) is 2.67. The van der Waals surface area contributed by atoms with Crippen LogP contribution in [-0.4, -0.2) is 17.0 Å². The first-order valence-corrected chi connectivity index (χ1v) is 6.25. The zero-order valence-electron chi connectivity index (χ0n) is 8.75. The summed E-state index contributed by atoms with van der Waals surface area (Å²) in [5.74, 6) is 1.06. The molecule has 15 heavy (non-hydrogen) atoms. The molecule has 0 spiro atoms. The predicted molar refractivity (Wildman–Crippen MR) is 69.2 cm³/mol. The molecule has 2 rings (SSSR count). The van der Waals surface area contributed by atoms with Crippen LogP contribution in [0.25, 0.3) is 0 Å². The number of rotatable bonds is 1. The summed E-state index contributed by atoms with van der Waals surface area (Å²) >= 11 is 7.70. The van der Waals surface area contributed by atoms with E-state index in [2.05, 4.69) is 24.2 Å². The van der Waals surface area contributed by atoms with Gasteiger partial charge < -0.3 is 5.32 Å². The number of benzene rings is 1. The number of nitrogens with zero attached hydrogens (tertiary/aromatic N) is 1. The van der Waals surface area contributed by atoms with Gasteiger partial charge in [0, 0.05) is 16.5 Å². The van der Waals surface area contributed by atoms with Crippen LogP contribution in [0.3, 0.4) is 0 Å². The minimum atomic E-state index is 0.414.